The zero-order valence-electron chi connectivity index (χ0n) is 23.0. The van der Waals surface area contributed by atoms with Gasteiger partial charge in [-0.1, -0.05) is 18.7 Å². The first-order valence-corrected chi connectivity index (χ1v) is 14.2. The monoisotopic (exact) mass is 561 g/mol. The number of carbonyl (C=O) groups excluding carboxylic acids is 3. The number of likely N-dealkylation sites (tertiary alicyclic amines) is 1. The van der Waals surface area contributed by atoms with E-state index in [9.17, 15) is 14.4 Å². The first-order chi connectivity index (χ1) is 19.0. The lowest BCUT2D eigenvalue weighted by molar-refractivity contribution is -0.127. The van der Waals surface area contributed by atoms with E-state index in [1.54, 1.807) is 23.1 Å². The van der Waals surface area contributed by atoms with E-state index in [0.717, 1.165) is 18.4 Å². The molecule has 2 aromatic carbocycles. The molecule has 1 fully saturated rings. The largest absolute Gasteiger partial charge is 0.491 e. The Morgan fingerprint density at radius 3 is 2.65 bits per heavy atom. The van der Waals surface area contributed by atoms with Crippen LogP contribution in [0.1, 0.15) is 64.7 Å². The molecule has 2 aliphatic rings. The average molecular weight is 562 g/mol. The van der Waals surface area contributed by atoms with Crippen LogP contribution in [0.15, 0.2) is 43.0 Å². The summed E-state index contributed by atoms with van der Waals surface area (Å²) in [4.78, 5) is 41.8. The van der Waals surface area contributed by atoms with Gasteiger partial charge in [0.15, 0.2) is 5.78 Å². The minimum absolute atomic E-state index is 0.00404. The molecule has 10 heteroatoms. The summed E-state index contributed by atoms with van der Waals surface area (Å²) in [5.74, 6) is -0.237. The SMILES string of the molecule is C=CC(=O)N1CCCC(NC(=O)c2sc3c(N)ccc4c3c2C(N)C(=O)C4(N)c2ccc(OC(C)C)cc2C)C1. The van der Waals surface area contributed by atoms with Gasteiger partial charge in [0.2, 0.25) is 5.91 Å². The van der Waals surface area contributed by atoms with Crippen molar-refractivity contribution in [1.29, 1.82) is 0 Å². The second-order valence-electron chi connectivity index (χ2n) is 10.8. The lowest BCUT2D eigenvalue weighted by Crippen LogP contribution is -2.53. The van der Waals surface area contributed by atoms with Crippen LogP contribution in [0.2, 0.25) is 0 Å². The first kappa shape index (κ1) is 27.8. The molecular formula is C30H35N5O4S. The van der Waals surface area contributed by atoms with Crippen molar-refractivity contribution in [2.45, 2.75) is 57.3 Å². The molecule has 210 valence electrons. The van der Waals surface area contributed by atoms with Crippen molar-refractivity contribution in [2.75, 3.05) is 18.8 Å². The molecule has 1 aliphatic carbocycles. The summed E-state index contributed by atoms with van der Waals surface area (Å²) in [5.41, 5.74) is 21.4. The van der Waals surface area contributed by atoms with Crippen molar-refractivity contribution >= 4 is 44.7 Å². The maximum Gasteiger partial charge on any atom is 0.262 e. The number of piperidine rings is 1. The van der Waals surface area contributed by atoms with Crippen molar-refractivity contribution < 1.29 is 19.1 Å². The van der Waals surface area contributed by atoms with Gasteiger partial charge in [-0.2, -0.15) is 0 Å². The predicted molar refractivity (Wildman–Crippen MR) is 157 cm³/mol. The average Bonchev–Trinajstić information content (AvgIpc) is 3.33. The summed E-state index contributed by atoms with van der Waals surface area (Å²) >= 11 is 1.21. The van der Waals surface area contributed by atoms with Crippen LogP contribution in [-0.2, 0) is 15.1 Å². The maximum atomic E-state index is 14.1. The molecule has 3 unspecified atom stereocenters. The highest BCUT2D eigenvalue weighted by atomic mass is 32.1. The minimum atomic E-state index is -1.54. The molecule has 2 heterocycles. The number of thiophene rings is 1. The number of amides is 2. The summed E-state index contributed by atoms with van der Waals surface area (Å²) in [6.07, 6.45) is 2.76. The number of hydrogen-bond donors (Lipinski definition) is 4. The highest BCUT2D eigenvalue weighted by molar-refractivity contribution is 7.21. The summed E-state index contributed by atoms with van der Waals surface area (Å²) in [6, 6.07) is 7.58. The van der Waals surface area contributed by atoms with Gasteiger partial charge in [0.25, 0.3) is 5.91 Å². The van der Waals surface area contributed by atoms with Crippen LogP contribution in [-0.4, -0.2) is 47.7 Å². The van der Waals surface area contributed by atoms with E-state index < -0.39 is 17.4 Å². The highest BCUT2D eigenvalue weighted by Gasteiger charge is 2.49. The van der Waals surface area contributed by atoms with Gasteiger partial charge < -0.3 is 32.2 Å². The maximum absolute atomic E-state index is 14.1. The minimum Gasteiger partial charge on any atom is -0.491 e. The topological polar surface area (TPSA) is 154 Å². The van der Waals surface area contributed by atoms with Crippen LogP contribution in [0.25, 0.3) is 10.1 Å². The summed E-state index contributed by atoms with van der Waals surface area (Å²) in [6.45, 7) is 10.3. The van der Waals surface area contributed by atoms with Crippen molar-refractivity contribution in [2.24, 2.45) is 11.5 Å². The number of benzene rings is 2. The molecule has 0 radical (unpaired) electrons. The number of hydrogen-bond acceptors (Lipinski definition) is 8. The van der Waals surface area contributed by atoms with Gasteiger partial charge in [-0.05, 0) is 74.6 Å². The molecule has 40 heavy (non-hydrogen) atoms. The third kappa shape index (κ3) is 4.46. The number of ketones is 1. The van der Waals surface area contributed by atoms with E-state index in [1.165, 1.54) is 17.4 Å². The molecule has 1 saturated heterocycles. The van der Waals surface area contributed by atoms with Crippen molar-refractivity contribution in [3.05, 3.63) is 70.1 Å². The molecule has 3 atom stereocenters. The number of Topliss-reactive ketones (excluding diaryl/α,β-unsaturated/α-hetero) is 1. The van der Waals surface area contributed by atoms with Crippen molar-refractivity contribution in [1.82, 2.24) is 10.2 Å². The standard InChI is InChI=1S/C30H35N5O4S/c1-5-22(36)35-12-6-7-17(14-35)34-29(38)27-24-23-20(10-11-21(31)26(23)40-27)30(33,28(37)25(24)32)19-9-8-18(13-16(19)4)39-15(2)3/h5,8-11,13,15,17,25H,1,6-7,12,14,31-33H2,2-4H3,(H,34,38). The molecule has 0 bridgehead atoms. The van der Waals surface area contributed by atoms with E-state index in [0.29, 0.717) is 56.2 Å². The third-order valence-electron chi connectivity index (χ3n) is 7.76. The van der Waals surface area contributed by atoms with Crippen molar-refractivity contribution in [3.8, 4) is 5.75 Å². The molecule has 9 nitrogen and oxygen atoms in total. The second-order valence-corrected chi connectivity index (χ2v) is 11.9. The van der Waals surface area contributed by atoms with Gasteiger partial charge in [0.05, 0.1) is 21.7 Å². The molecule has 1 aromatic heterocycles. The summed E-state index contributed by atoms with van der Waals surface area (Å²) in [5, 5.41) is 3.70. The Morgan fingerprint density at radius 1 is 1.25 bits per heavy atom. The molecule has 1 aliphatic heterocycles. The number of carbonyl (C=O) groups is 3. The van der Waals surface area contributed by atoms with E-state index in [-0.39, 0.29) is 24.0 Å². The Hall–Kier alpha value is -3.73. The van der Waals surface area contributed by atoms with Gasteiger partial charge in [0, 0.05) is 35.8 Å². The lowest BCUT2D eigenvalue weighted by atomic mass is 9.69. The molecular weight excluding hydrogens is 526 g/mol. The van der Waals surface area contributed by atoms with Gasteiger partial charge in [-0.15, -0.1) is 11.3 Å². The van der Waals surface area contributed by atoms with E-state index >= 15 is 0 Å². The van der Waals surface area contributed by atoms with Gasteiger partial charge in [-0.25, -0.2) is 0 Å². The zero-order chi connectivity index (χ0) is 28.9. The number of nitrogens with one attached hydrogen (secondary N) is 1. The third-order valence-corrected chi connectivity index (χ3v) is 9.01. The Morgan fingerprint density at radius 2 is 1.98 bits per heavy atom. The number of ether oxygens (including phenoxy) is 1. The molecule has 2 amide bonds. The fraction of sp³-hybridized carbons (Fsp3) is 0.367. The van der Waals surface area contributed by atoms with E-state index in [4.69, 9.17) is 21.9 Å². The Labute approximate surface area is 237 Å². The lowest BCUT2D eigenvalue weighted by Gasteiger charge is -2.37. The number of nitrogen functional groups attached to an aromatic ring is 1. The zero-order valence-corrected chi connectivity index (χ0v) is 23.8. The Kier molecular flexibility index (Phi) is 7.20. The highest BCUT2D eigenvalue weighted by Crippen LogP contribution is 2.50. The van der Waals surface area contributed by atoms with Crippen LogP contribution in [0.3, 0.4) is 0 Å². The van der Waals surface area contributed by atoms with Crippen LogP contribution in [0.4, 0.5) is 5.69 Å². The van der Waals surface area contributed by atoms with Gasteiger partial charge in [-0.3, -0.25) is 14.4 Å². The van der Waals surface area contributed by atoms with E-state index in [1.807, 2.05) is 32.9 Å². The molecule has 0 saturated carbocycles. The van der Waals surface area contributed by atoms with Crippen LogP contribution in [0, 0.1) is 6.92 Å². The number of anilines is 1. The summed E-state index contributed by atoms with van der Waals surface area (Å²) in [7, 11) is 0. The predicted octanol–water partition coefficient (Wildman–Crippen LogP) is 3.27. The van der Waals surface area contributed by atoms with E-state index in [2.05, 4.69) is 11.9 Å². The van der Waals surface area contributed by atoms with Crippen LogP contribution < -0.4 is 27.3 Å². The van der Waals surface area contributed by atoms with Gasteiger partial charge in [0.1, 0.15) is 11.3 Å². The second kappa shape index (κ2) is 10.3. The molecule has 0 spiro atoms. The molecule has 7 N–H and O–H groups in total. The van der Waals surface area contributed by atoms with Crippen molar-refractivity contribution in [3.63, 3.8) is 0 Å². The van der Waals surface area contributed by atoms with Crippen LogP contribution >= 0.6 is 11.3 Å². The number of nitrogens with two attached hydrogens (primary N) is 3. The number of aryl methyl sites for hydroxylation is 1. The Bertz CT molecular complexity index is 1550. The Balaban J connectivity index is 1.58. The smallest absolute Gasteiger partial charge is 0.262 e. The summed E-state index contributed by atoms with van der Waals surface area (Å²) < 4.78 is 6.50. The number of nitrogens with zero attached hydrogens (tertiary/aromatic N) is 1. The quantitative estimate of drug-likeness (QED) is 0.266. The number of rotatable bonds is 6. The molecule has 5 rings (SSSR count). The normalized spacial score (nSPS) is 22.4. The fourth-order valence-electron chi connectivity index (χ4n) is 5.93. The van der Waals surface area contributed by atoms with Crippen LogP contribution in [0.5, 0.6) is 5.75 Å². The van der Waals surface area contributed by atoms with Gasteiger partial charge >= 0.3 is 0 Å². The molecule has 3 aromatic rings. The first-order valence-electron chi connectivity index (χ1n) is 13.4. The fourth-order valence-corrected chi connectivity index (χ4v) is 7.13.